The van der Waals surface area contributed by atoms with Crippen molar-refractivity contribution < 1.29 is 24.5 Å². The highest BCUT2D eigenvalue weighted by atomic mass is 79.9. The Morgan fingerprint density at radius 2 is 2.12 bits per heavy atom. The number of carbonyl (C=O) groups is 1. The van der Waals surface area contributed by atoms with Gasteiger partial charge in [0.15, 0.2) is 11.5 Å². The zero-order valence-electron chi connectivity index (χ0n) is 9.07. The Hall–Kier alpha value is -1.43. The van der Waals surface area contributed by atoms with Gasteiger partial charge in [-0.3, -0.25) is 4.79 Å². The van der Waals surface area contributed by atoms with Gasteiger partial charge in [0.2, 0.25) is 0 Å². The number of benzene rings is 1. The van der Waals surface area contributed by atoms with Crippen LogP contribution < -0.4 is 9.47 Å². The maximum absolute atomic E-state index is 10.9. The lowest BCUT2D eigenvalue weighted by molar-refractivity contribution is -0.138. The third-order valence-electron chi connectivity index (χ3n) is 2.62. The molecule has 92 valence electrons. The van der Waals surface area contributed by atoms with Crippen LogP contribution in [0.2, 0.25) is 0 Å². The van der Waals surface area contributed by atoms with Crippen molar-refractivity contribution in [2.24, 2.45) is 0 Å². The summed E-state index contributed by atoms with van der Waals surface area (Å²) < 4.78 is 11.1. The monoisotopic (exact) mass is 302 g/mol. The Labute approximate surface area is 106 Å². The van der Waals surface area contributed by atoms with Crippen LogP contribution in [0, 0.1) is 0 Å². The number of aliphatic carboxylic acids is 1. The second-order valence-corrected chi connectivity index (χ2v) is 4.51. The molecular weight excluding hydrogens is 292 g/mol. The number of halogens is 1. The van der Waals surface area contributed by atoms with Crippen molar-refractivity contribution in [2.45, 2.75) is 12.8 Å². The average Bonchev–Trinajstić information content (AvgIpc) is 2.33. The van der Waals surface area contributed by atoms with E-state index in [1.807, 2.05) is 0 Å². The summed E-state index contributed by atoms with van der Waals surface area (Å²) in [5, 5.41) is 18.9. The minimum Gasteiger partial charge on any atom is -0.506 e. The van der Waals surface area contributed by atoms with E-state index in [0.29, 0.717) is 34.7 Å². The van der Waals surface area contributed by atoms with E-state index in [-0.39, 0.29) is 5.75 Å². The van der Waals surface area contributed by atoms with Gasteiger partial charge < -0.3 is 19.7 Å². The summed E-state index contributed by atoms with van der Waals surface area (Å²) in [6.07, 6.45) is 0. The highest BCUT2D eigenvalue weighted by Gasteiger charge is 2.26. The van der Waals surface area contributed by atoms with E-state index in [1.54, 1.807) is 0 Å². The Kier molecular flexibility index (Phi) is 3.15. The molecule has 0 aliphatic carbocycles. The van der Waals surface area contributed by atoms with Crippen LogP contribution in [0.5, 0.6) is 17.2 Å². The first-order valence-electron chi connectivity index (χ1n) is 5.06. The standard InChI is InChI=1S/C11H11BrO5/c1-5(11(14)15)6-4-7-10(8(12)9(6)13)17-3-2-16-7/h4-5,13H,2-3H2,1H3,(H,14,15). The number of phenols is 1. The van der Waals surface area contributed by atoms with Crippen molar-refractivity contribution in [2.75, 3.05) is 13.2 Å². The first-order chi connectivity index (χ1) is 8.02. The lowest BCUT2D eigenvalue weighted by Crippen LogP contribution is -2.17. The smallest absolute Gasteiger partial charge is 0.310 e. The molecule has 1 aliphatic rings. The molecule has 0 aromatic heterocycles. The second-order valence-electron chi connectivity index (χ2n) is 3.71. The van der Waals surface area contributed by atoms with Crippen molar-refractivity contribution in [3.05, 3.63) is 16.1 Å². The van der Waals surface area contributed by atoms with Crippen LogP contribution >= 0.6 is 15.9 Å². The third kappa shape index (κ3) is 2.04. The quantitative estimate of drug-likeness (QED) is 0.875. The van der Waals surface area contributed by atoms with Gasteiger partial charge in [0.1, 0.15) is 23.4 Å². The number of phenolic OH excluding ortho intramolecular Hbond substituents is 1. The van der Waals surface area contributed by atoms with Crippen molar-refractivity contribution in [1.82, 2.24) is 0 Å². The predicted octanol–water partition coefficient (Wildman–Crippen LogP) is 2.11. The summed E-state index contributed by atoms with van der Waals surface area (Å²) in [4.78, 5) is 10.9. The van der Waals surface area contributed by atoms with Crippen LogP contribution in [0.3, 0.4) is 0 Å². The summed E-state index contributed by atoms with van der Waals surface area (Å²) in [5.74, 6) is -1.09. The number of carboxylic acids is 1. The molecule has 17 heavy (non-hydrogen) atoms. The number of fused-ring (bicyclic) bond motifs is 1. The molecular formula is C11H11BrO5. The van der Waals surface area contributed by atoms with Gasteiger partial charge in [0, 0.05) is 5.56 Å². The lowest BCUT2D eigenvalue weighted by atomic mass is 9.99. The summed E-state index contributed by atoms with van der Waals surface area (Å²) in [7, 11) is 0. The van der Waals surface area contributed by atoms with E-state index in [1.165, 1.54) is 13.0 Å². The molecule has 0 amide bonds. The third-order valence-corrected chi connectivity index (χ3v) is 3.35. The number of hydrogen-bond acceptors (Lipinski definition) is 4. The van der Waals surface area contributed by atoms with Gasteiger partial charge in [-0.25, -0.2) is 0 Å². The number of rotatable bonds is 2. The zero-order chi connectivity index (χ0) is 12.6. The summed E-state index contributed by atoms with van der Waals surface area (Å²) in [6, 6.07) is 1.51. The molecule has 1 atom stereocenters. The first kappa shape index (κ1) is 12.0. The normalized spacial score (nSPS) is 15.4. The topological polar surface area (TPSA) is 76.0 Å². The second kappa shape index (κ2) is 4.44. The molecule has 0 saturated carbocycles. The van der Waals surface area contributed by atoms with Crippen LogP contribution in [0.1, 0.15) is 18.4 Å². The molecule has 0 saturated heterocycles. The fourth-order valence-electron chi connectivity index (χ4n) is 1.62. The SMILES string of the molecule is CC(C(=O)O)c1cc2c(c(Br)c1O)OCCO2. The summed E-state index contributed by atoms with van der Waals surface area (Å²) in [6.45, 7) is 2.31. The molecule has 1 aromatic carbocycles. The van der Waals surface area contributed by atoms with Crippen LogP contribution in [0.15, 0.2) is 10.5 Å². The van der Waals surface area contributed by atoms with E-state index >= 15 is 0 Å². The molecule has 5 nitrogen and oxygen atoms in total. The van der Waals surface area contributed by atoms with Crippen LogP contribution in [-0.2, 0) is 4.79 Å². The van der Waals surface area contributed by atoms with Crippen molar-refractivity contribution in [1.29, 1.82) is 0 Å². The highest BCUT2D eigenvalue weighted by molar-refractivity contribution is 9.10. The summed E-state index contributed by atoms with van der Waals surface area (Å²) >= 11 is 3.19. The molecule has 0 bridgehead atoms. The molecule has 1 heterocycles. The van der Waals surface area contributed by atoms with Gasteiger partial charge in [-0.2, -0.15) is 0 Å². The lowest BCUT2D eigenvalue weighted by Gasteiger charge is -2.22. The fraction of sp³-hybridized carbons (Fsp3) is 0.364. The van der Waals surface area contributed by atoms with Crippen molar-refractivity contribution in [3.63, 3.8) is 0 Å². The fourth-order valence-corrected chi connectivity index (χ4v) is 2.16. The van der Waals surface area contributed by atoms with Gasteiger partial charge in [-0.15, -0.1) is 0 Å². The summed E-state index contributed by atoms with van der Waals surface area (Å²) in [5.41, 5.74) is 0.300. The molecule has 0 fully saturated rings. The molecule has 6 heteroatoms. The molecule has 2 N–H and O–H groups in total. The largest absolute Gasteiger partial charge is 0.506 e. The van der Waals surface area contributed by atoms with Crippen LogP contribution in [0.25, 0.3) is 0 Å². The van der Waals surface area contributed by atoms with Gasteiger partial charge in [0.05, 0.1) is 5.92 Å². The molecule has 1 aliphatic heterocycles. The molecule has 0 spiro atoms. The number of aromatic hydroxyl groups is 1. The Morgan fingerprint density at radius 1 is 1.47 bits per heavy atom. The van der Waals surface area contributed by atoms with Crippen molar-refractivity contribution in [3.8, 4) is 17.2 Å². The first-order valence-corrected chi connectivity index (χ1v) is 5.85. The Bertz CT molecular complexity index is 471. The van der Waals surface area contributed by atoms with E-state index < -0.39 is 11.9 Å². The Balaban J connectivity index is 2.55. The van der Waals surface area contributed by atoms with Gasteiger partial charge in [-0.1, -0.05) is 0 Å². The maximum Gasteiger partial charge on any atom is 0.310 e. The van der Waals surface area contributed by atoms with Gasteiger partial charge in [-0.05, 0) is 28.9 Å². The molecule has 2 rings (SSSR count). The van der Waals surface area contributed by atoms with Gasteiger partial charge in [0.25, 0.3) is 0 Å². The number of carboxylic acid groups (broad SMARTS) is 1. The predicted molar refractivity (Wildman–Crippen MR) is 62.8 cm³/mol. The van der Waals surface area contributed by atoms with Crippen LogP contribution in [-0.4, -0.2) is 29.4 Å². The van der Waals surface area contributed by atoms with Crippen LogP contribution in [0.4, 0.5) is 0 Å². The molecule has 1 unspecified atom stereocenters. The zero-order valence-corrected chi connectivity index (χ0v) is 10.7. The highest BCUT2D eigenvalue weighted by Crippen LogP contribution is 2.46. The number of hydrogen-bond donors (Lipinski definition) is 2. The van der Waals surface area contributed by atoms with E-state index in [0.717, 1.165) is 0 Å². The molecule has 0 radical (unpaired) electrons. The maximum atomic E-state index is 10.9. The Morgan fingerprint density at radius 3 is 2.76 bits per heavy atom. The minimum atomic E-state index is -1.01. The average molecular weight is 303 g/mol. The molecule has 1 aromatic rings. The van der Waals surface area contributed by atoms with E-state index in [9.17, 15) is 9.90 Å². The minimum absolute atomic E-state index is 0.121. The van der Waals surface area contributed by atoms with Gasteiger partial charge >= 0.3 is 5.97 Å². The number of ether oxygens (including phenoxy) is 2. The van der Waals surface area contributed by atoms with Crippen molar-refractivity contribution >= 4 is 21.9 Å². The van der Waals surface area contributed by atoms with E-state index in [2.05, 4.69) is 15.9 Å². The van der Waals surface area contributed by atoms with E-state index in [4.69, 9.17) is 14.6 Å².